The predicted molar refractivity (Wildman–Crippen MR) is 448 cm³/mol. The van der Waals surface area contributed by atoms with E-state index in [1.54, 1.807) is 82.9 Å². The summed E-state index contributed by atoms with van der Waals surface area (Å²) in [5.74, 6) is -0.539. The molecule has 42 nitrogen and oxygen atoms in total. The Labute approximate surface area is 718 Å². The highest BCUT2D eigenvalue weighted by atomic mass is 35.5. The van der Waals surface area contributed by atoms with Gasteiger partial charge in [-0.2, -0.15) is 19.9 Å². The first-order valence-corrected chi connectivity index (χ1v) is 42.7. The third kappa shape index (κ3) is 21.7. The molecule has 126 heavy (non-hydrogen) atoms. The number of aromatic amines is 4. The molecule has 4 saturated heterocycles. The SMILES string of the molecule is CC(C)C(=O)Nc1nc2ncn([C@@H]3O[C@H](CO)[C@@H](F)[C@H]3O)c2c(=O)[nH]1.CC[C@H]1O[C@@H](n2cnc3nc(NC(=O)C(C)C)[nH]c(=O)c32)[C@H](O)[C@@H]1F.CC[C@H]1O[C@@H](n2cnc3nc(NC(=O)C(C)C)[nH]c(=O)c32)[C@H](O[P+](=O)O)[C@@H]1F.COc1ccc(C(Cl)(c2ccccc2)c2ccc(OC)cc2)cc1.C[P+](C)=O.Nc1nc2ncn([C@@H]3O[C@H](CO)[C@@H](F)[C@H]3O)c2c(=O)[nH]1. The first kappa shape index (κ1) is 96.8. The minimum Gasteiger partial charge on any atom is -0.497 e. The molecule has 678 valence electrons. The van der Waals surface area contributed by atoms with Crippen molar-refractivity contribution in [2.45, 2.75) is 172 Å². The van der Waals surface area contributed by atoms with Crippen molar-refractivity contribution in [3.8, 4) is 11.5 Å². The van der Waals surface area contributed by atoms with Gasteiger partial charge < -0.3 is 59.7 Å². The smallest absolute Gasteiger partial charge is 0.497 e. The van der Waals surface area contributed by atoms with E-state index in [0.717, 1.165) is 32.8 Å². The molecule has 3 aromatic carbocycles. The summed E-state index contributed by atoms with van der Waals surface area (Å²) in [5.41, 5.74) is 6.02. The topological polar surface area (TPSA) is 588 Å². The summed E-state index contributed by atoms with van der Waals surface area (Å²) in [6.07, 6.45) is -15.8. The number of aliphatic hydroxyl groups is 5. The molecular formula is C77H95ClF4N20O22P2+2. The number of aliphatic hydroxyl groups excluding tert-OH is 5. The summed E-state index contributed by atoms with van der Waals surface area (Å²) in [4.78, 5) is 134. The van der Waals surface area contributed by atoms with Gasteiger partial charge >= 0.3 is 16.1 Å². The number of imidazole rings is 4. The molecule has 0 radical (unpaired) electrons. The van der Waals surface area contributed by atoms with Crippen molar-refractivity contribution < 1.29 is 104 Å². The van der Waals surface area contributed by atoms with Crippen LogP contribution in [0.3, 0.4) is 0 Å². The van der Waals surface area contributed by atoms with Crippen LogP contribution in [0.4, 0.5) is 41.4 Å². The number of nitrogen functional groups attached to an aromatic ring is 1. The molecule has 12 heterocycles. The van der Waals surface area contributed by atoms with Crippen LogP contribution >= 0.6 is 27.7 Å². The Hall–Kier alpha value is -11.4. The lowest BCUT2D eigenvalue weighted by atomic mass is 9.84. The molecule has 0 saturated carbocycles. The molecule has 0 aliphatic carbocycles. The van der Waals surface area contributed by atoms with Gasteiger partial charge in [-0.05, 0) is 53.8 Å². The van der Waals surface area contributed by atoms with E-state index >= 15 is 0 Å². The summed E-state index contributed by atoms with van der Waals surface area (Å²) in [6.45, 7) is 15.7. The lowest BCUT2D eigenvalue weighted by Gasteiger charge is -2.29. The zero-order valence-electron chi connectivity index (χ0n) is 69.6. The van der Waals surface area contributed by atoms with E-state index in [9.17, 15) is 75.6 Å². The Morgan fingerprint density at radius 2 is 0.794 bits per heavy atom. The van der Waals surface area contributed by atoms with Crippen molar-refractivity contribution in [1.29, 1.82) is 0 Å². The van der Waals surface area contributed by atoms with Gasteiger partial charge in [0.25, 0.3) is 22.2 Å². The average Bonchev–Trinajstić information content (AvgIpc) is 1.66. The van der Waals surface area contributed by atoms with E-state index in [-0.39, 0.29) is 104 Å². The van der Waals surface area contributed by atoms with Gasteiger partial charge in [0.15, 0.2) is 100 Å². The maximum atomic E-state index is 14.6. The van der Waals surface area contributed by atoms with Gasteiger partial charge in [0, 0.05) is 22.3 Å². The minimum atomic E-state index is -3.09. The van der Waals surface area contributed by atoms with E-state index in [4.69, 9.17) is 65.4 Å². The molecule has 11 aromatic rings. The molecule has 0 bridgehead atoms. The first-order chi connectivity index (χ1) is 59.8. The highest BCUT2D eigenvalue weighted by molar-refractivity contribution is 7.42. The molecule has 4 fully saturated rings. The van der Waals surface area contributed by atoms with Crippen molar-refractivity contribution >= 4 is 114 Å². The normalized spacial score (nSPS) is 23.3. The van der Waals surface area contributed by atoms with E-state index in [1.807, 2.05) is 78.9 Å². The molecule has 8 aromatic heterocycles. The van der Waals surface area contributed by atoms with Crippen LogP contribution < -0.4 is 53.4 Å². The molecule has 4 aliphatic rings. The van der Waals surface area contributed by atoms with Crippen LogP contribution in [0.2, 0.25) is 0 Å². The Bertz CT molecular complexity index is 5700. The zero-order chi connectivity index (χ0) is 92.2. The number of methoxy groups -OCH3 is 2. The summed E-state index contributed by atoms with van der Waals surface area (Å²) in [5, 5.41) is 55.3. The van der Waals surface area contributed by atoms with Crippen molar-refractivity contribution in [2.75, 3.05) is 62.4 Å². The summed E-state index contributed by atoms with van der Waals surface area (Å²) in [7, 11) is -0.647. The number of ether oxygens (including phenoxy) is 6. The average molecular weight is 1830 g/mol. The van der Waals surface area contributed by atoms with Crippen LogP contribution in [-0.2, 0) is 51.9 Å². The summed E-state index contributed by atoms with van der Waals surface area (Å²) >= 11 is 7.22. The number of anilines is 4. The van der Waals surface area contributed by atoms with Crippen LogP contribution in [0.25, 0.3) is 44.7 Å². The summed E-state index contributed by atoms with van der Waals surface area (Å²) < 4.78 is 119. The van der Waals surface area contributed by atoms with Crippen molar-refractivity contribution in [3.63, 3.8) is 0 Å². The highest BCUT2D eigenvalue weighted by Crippen LogP contribution is 2.45. The lowest BCUT2D eigenvalue weighted by molar-refractivity contribution is -0.119. The molecule has 17 atom stereocenters. The van der Waals surface area contributed by atoms with Crippen LogP contribution in [0.1, 0.15) is 110 Å². The fraction of sp³-hybridized carbons (Fsp3) is 0.468. The second kappa shape index (κ2) is 42.3. The van der Waals surface area contributed by atoms with Crippen LogP contribution in [0.5, 0.6) is 11.5 Å². The molecule has 0 spiro atoms. The number of hydrogen-bond donors (Lipinski definition) is 14. The molecule has 4 aliphatic heterocycles. The Morgan fingerprint density at radius 3 is 1.10 bits per heavy atom. The number of fused-ring (bicyclic) bond motifs is 4. The second-order valence-electron chi connectivity index (χ2n) is 29.7. The Balaban J connectivity index is 0.000000163. The van der Waals surface area contributed by atoms with Crippen molar-refractivity contribution in [1.82, 2.24) is 78.1 Å². The number of carbonyl (C=O) groups excluding carboxylic acids is 3. The van der Waals surface area contributed by atoms with E-state index in [0.29, 0.717) is 12.8 Å². The van der Waals surface area contributed by atoms with Crippen molar-refractivity contribution in [3.05, 3.63) is 162 Å². The van der Waals surface area contributed by atoms with Gasteiger partial charge in [0.05, 0.1) is 39.6 Å². The molecular weight excluding hydrogens is 1730 g/mol. The fourth-order valence-corrected chi connectivity index (χ4v) is 14.1. The fourth-order valence-electron chi connectivity index (χ4n) is 13.3. The number of halogens is 5. The number of aromatic nitrogens is 16. The maximum absolute atomic E-state index is 14.6. The molecule has 1 unspecified atom stereocenters. The number of H-pyrrole nitrogens is 4. The molecule has 3 amide bonds. The largest absolute Gasteiger partial charge is 0.695 e. The molecule has 15 N–H and O–H groups in total. The van der Waals surface area contributed by atoms with Crippen molar-refractivity contribution in [2.24, 2.45) is 17.8 Å². The first-order valence-electron chi connectivity index (χ1n) is 39.0. The van der Waals surface area contributed by atoms with Crippen LogP contribution in [0.15, 0.2) is 123 Å². The number of nitrogens with zero attached hydrogens (tertiary/aromatic N) is 12. The van der Waals surface area contributed by atoms with Gasteiger partial charge in [0.1, 0.15) is 85.5 Å². The van der Waals surface area contributed by atoms with E-state index in [2.05, 4.69) is 75.8 Å². The van der Waals surface area contributed by atoms with Crippen LogP contribution in [-0.4, -0.2) is 241 Å². The monoisotopic (exact) mass is 1820 g/mol. The number of alkyl halides is 5. The lowest BCUT2D eigenvalue weighted by Crippen LogP contribution is -2.30. The Morgan fingerprint density at radius 1 is 0.500 bits per heavy atom. The Kier molecular flexibility index (Phi) is 32.5. The second-order valence-corrected chi connectivity index (χ2v) is 32.6. The van der Waals surface area contributed by atoms with Gasteiger partial charge in [-0.1, -0.05) is 115 Å². The number of nitrogens with one attached hydrogen (secondary N) is 7. The minimum absolute atomic E-state index is 0.00135. The number of carbonyl (C=O) groups is 3. The molecule has 15 rings (SSSR count). The third-order valence-electron chi connectivity index (χ3n) is 19.8. The molecule has 49 heteroatoms. The number of nitrogens with two attached hydrogens (primary N) is 1. The number of rotatable bonds is 21. The predicted octanol–water partition coefficient (Wildman–Crippen LogP) is 6.02. The summed E-state index contributed by atoms with van der Waals surface area (Å²) in [6, 6.07) is 25.8. The van der Waals surface area contributed by atoms with Gasteiger partial charge in [-0.3, -0.25) is 87.7 Å². The standard InChI is InChI=1S/C21H19ClO2.C15H19FN5O6P.C15H20FN5O4.C14H18FN5O5.C10H12FN5O4.C2H6OP/c1-23-19-12-8-17(9-13-19)21(22,16-6-4-3-5-7-16)18-10-14-20(24-2)15-11-18;1-4-7-8(16)10(27-28(24)25)14(26-7)21-5-17-11-9(21)13(23)20-15(18-11)19-12(22)6(2)3;1-4-7-8(16)10(22)14(25-7)21-5-17-11-9(21)13(24)20-15(18-11)19-12(23)6(2)3;1-5(2)11(23)18-14-17-10-8(12(24)19-14)20(4-16-10)13-9(22)7(15)6(3-21)25-13;11-4-3(1-17)20-9(6(4)18)16-2-13-7-5(16)8(19)15-10(12)14-7;1-4(2)3/h3-15H,1-2H3;5-8,10,14H,4H2,1-3H3,(H2-,18,19,20,22,23,24,25);5-8,10,14,22H,4H2,1-3H3,(H2,18,19,20,23,24);4-7,9,13,21-22H,3H2,1-2H3,(H2,17,18,19,23,24);2-4,6,9,17-18H,1H2,(H3,12,14,15,19);1-2H3/q;;;;;+1/p+1/t;2*7-,8-,10-,14-;6-,7-,9-,13-;3-,4-,6-,9-;/m.1111./s1. The highest BCUT2D eigenvalue weighted by Gasteiger charge is 2.52. The van der Waals surface area contributed by atoms with Crippen LogP contribution in [0, 0.1) is 17.8 Å². The number of hydrogen-bond acceptors (Lipinski definition) is 30. The van der Waals surface area contributed by atoms with Gasteiger partial charge in [0.2, 0.25) is 41.5 Å². The number of amides is 3. The maximum Gasteiger partial charge on any atom is 0.695 e. The third-order valence-corrected chi connectivity index (χ3v) is 20.9. The zero-order valence-corrected chi connectivity index (χ0v) is 72.1. The van der Waals surface area contributed by atoms with Gasteiger partial charge in [-0.25, -0.2) is 37.5 Å². The number of benzene rings is 3. The quantitative estimate of drug-likeness (QED) is 0.0169. The van der Waals surface area contributed by atoms with Gasteiger partial charge in [-0.15, -0.1) is 21.0 Å². The van der Waals surface area contributed by atoms with E-state index < -0.39 is 155 Å². The van der Waals surface area contributed by atoms with E-state index in [1.165, 1.54) is 39.0 Å².